The van der Waals surface area contributed by atoms with Crippen molar-refractivity contribution in [1.29, 1.82) is 0 Å². The molecule has 4 nitrogen and oxygen atoms in total. The predicted molar refractivity (Wildman–Crippen MR) is 107 cm³/mol. The van der Waals surface area contributed by atoms with Crippen molar-refractivity contribution in [3.05, 3.63) is 65.5 Å². The van der Waals surface area contributed by atoms with E-state index in [1.165, 1.54) is 30.7 Å². The smallest absolute Gasteiger partial charge is 0.343 e. The van der Waals surface area contributed by atoms with Crippen LogP contribution in [0.2, 0.25) is 0 Å². The van der Waals surface area contributed by atoms with E-state index in [1.54, 1.807) is 12.1 Å². The van der Waals surface area contributed by atoms with E-state index >= 15 is 0 Å². The average Bonchev–Trinajstić information content (AvgIpc) is 2.68. The molecule has 0 aromatic heterocycles. The number of benzene rings is 2. The molecule has 3 rings (SSSR count). The number of rotatable bonds is 6. The highest BCUT2D eigenvalue weighted by Crippen LogP contribution is 2.40. The zero-order valence-corrected chi connectivity index (χ0v) is 16.5. The molecule has 1 fully saturated rings. The Morgan fingerprint density at radius 1 is 1.07 bits per heavy atom. The standard InChI is InChI=1S/C23H28FNO3/c1-25(2)16-21(23(27)14-4-3-5-15-23)17-8-12-20(13-9-17)28-22(26)18-6-10-19(24)11-7-18/h6-13,21,27H,3-5,14-16H2,1-2H3. The normalized spacial score (nSPS) is 17.3. The second-order valence-corrected chi connectivity index (χ2v) is 7.94. The van der Waals surface area contributed by atoms with Gasteiger partial charge in [-0.1, -0.05) is 31.4 Å². The fourth-order valence-corrected chi connectivity index (χ4v) is 3.98. The van der Waals surface area contributed by atoms with Crippen LogP contribution in [0.5, 0.6) is 5.75 Å². The molecule has 0 saturated heterocycles. The van der Waals surface area contributed by atoms with Crippen LogP contribution in [-0.4, -0.2) is 42.2 Å². The first-order valence-corrected chi connectivity index (χ1v) is 9.82. The van der Waals surface area contributed by atoms with Gasteiger partial charge in [-0.2, -0.15) is 0 Å². The lowest BCUT2D eigenvalue weighted by molar-refractivity contribution is -0.0277. The van der Waals surface area contributed by atoms with Gasteiger partial charge in [0.25, 0.3) is 0 Å². The van der Waals surface area contributed by atoms with Crippen LogP contribution in [0.15, 0.2) is 48.5 Å². The van der Waals surface area contributed by atoms with Gasteiger partial charge in [0.1, 0.15) is 11.6 Å². The van der Waals surface area contributed by atoms with Crippen molar-refractivity contribution in [2.75, 3.05) is 20.6 Å². The van der Waals surface area contributed by atoms with Gasteiger partial charge in [-0.3, -0.25) is 0 Å². The summed E-state index contributed by atoms with van der Waals surface area (Å²) in [4.78, 5) is 14.3. The predicted octanol–water partition coefficient (Wildman–Crippen LogP) is 4.39. The molecule has 0 spiro atoms. The number of nitrogens with zero attached hydrogens (tertiary/aromatic N) is 1. The van der Waals surface area contributed by atoms with Crippen LogP contribution in [0.4, 0.5) is 4.39 Å². The van der Waals surface area contributed by atoms with E-state index in [2.05, 4.69) is 4.90 Å². The summed E-state index contributed by atoms with van der Waals surface area (Å²) in [5.41, 5.74) is 0.640. The number of halogens is 1. The van der Waals surface area contributed by atoms with Gasteiger partial charge in [0.05, 0.1) is 11.2 Å². The van der Waals surface area contributed by atoms with E-state index in [4.69, 9.17) is 4.74 Å². The number of hydrogen-bond acceptors (Lipinski definition) is 4. The summed E-state index contributed by atoms with van der Waals surface area (Å²) in [6.07, 6.45) is 4.90. The largest absolute Gasteiger partial charge is 0.423 e. The van der Waals surface area contributed by atoms with E-state index in [0.29, 0.717) is 11.3 Å². The Balaban J connectivity index is 1.75. The molecule has 0 radical (unpaired) electrons. The SMILES string of the molecule is CN(C)CC(c1ccc(OC(=O)c2ccc(F)cc2)cc1)C1(O)CCCCC1. The van der Waals surface area contributed by atoms with E-state index in [9.17, 15) is 14.3 Å². The van der Waals surface area contributed by atoms with Gasteiger partial charge in [-0.05, 0) is 68.9 Å². The molecule has 1 atom stereocenters. The van der Waals surface area contributed by atoms with Crippen LogP contribution < -0.4 is 4.74 Å². The zero-order valence-electron chi connectivity index (χ0n) is 16.5. The van der Waals surface area contributed by atoms with Gasteiger partial charge in [-0.15, -0.1) is 0 Å². The number of carbonyl (C=O) groups excluding carboxylic acids is 1. The van der Waals surface area contributed by atoms with Crippen LogP contribution in [0.3, 0.4) is 0 Å². The molecule has 1 unspecified atom stereocenters. The molecule has 5 heteroatoms. The van der Waals surface area contributed by atoms with E-state index < -0.39 is 17.4 Å². The number of ether oxygens (including phenoxy) is 1. The maximum atomic E-state index is 13.0. The lowest BCUT2D eigenvalue weighted by Gasteiger charge is -2.40. The molecule has 0 heterocycles. The molecule has 0 amide bonds. The summed E-state index contributed by atoms with van der Waals surface area (Å²) in [6, 6.07) is 12.6. The molecule has 2 aromatic carbocycles. The van der Waals surface area contributed by atoms with E-state index in [1.807, 2.05) is 26.2 Å². The molecule has 28 heavy (non-hydrogen) atoms. The highest BCUT2D eigenvalue weighted by molar-refractivity contribution is 5.90. The van der Waals surface area contributed by atoms with Gasteiger partial charge < -0.3 is 14.7 Å². The molecule has 0 bridgehead atoms. The Labute approximate surface area is 165 Å². The van der Waals surface area contributed by atoms with Gasteiger partial charge in [0, 0.05) is 12.5 Å². The van der Waals surface area contributed by atoms with Gasteiger partial charge in [0.2, 0.25) is 0 Å². The summed E-state index contributed by atoms with van der Waals surface area (Å²) in [5, 5.41) is 11.3. The lowest BCUT2D eigenvalue weighted by atomic mass is 9.72. The molecule has 1 aliphatic rings. The van der Waals surface area contributed by atoms with Gasteiger partial charge in [-0.25, -0.2) is 9.18 Å². The molecular weight excluding hydrogens is 357 g/mol. The summed E-state index contributed by atoms with van der Waals surface area (Å²) in [5.74, 6) is -0.487. The van der Waals surface area contributed by atoms with Crippen LogP contribution in [0.25, 0.3) is 0 Å². The first-order valence-electron chi connectivity index (χ1n) is 9.82. The van der Waals surface area contributed by atoms with Crippen LogP contribution in [-0.2, 0) is 0 Å². The van der Waals surface area contributed by atoms with Crippen molar-refractivity contribution in [2.45, 2.75) is 43.6 Å². The Morgan fingerprint density at radius 3 is 2.25 bits per heavy atom. The molecular formula is C23H28FNO3. The quantitative estimate of drug-likeness (QED) is 0.592. The van der Waals surface area contributed by atoms with Crippen molar-refractivity contribution < 1.29 is 19.0 Å². The molecule has 0 aliphatic heterocycles. The number of hydrogen-bond donors (Lipinski definition) is 1. The number of likely N-dealkylation sites (N-methyl/N-ethyl adjacent to an activating group) is 1. The number of aliphatic hydroxyl groups is 1. The fraction of sp³-hybridized carbons (Fsp3) is 0.435. The number of carbonyl (C=O) groups is 1. The van der Waals surface area contributed by atoms with Crippen LogP contribution >= 0.6 is 0 Å². The minimum atomic E-state index is -0.700. The second-order valence-electron chi connectivity index (χ2n) is 7.94. The third-order valence-corrected chi connectivity index (χ3v) is 5.49. The van der Waals surface area contributed by atoms with Crippen LogP contribution in [0, 0.1) is 5.82 Å². The Kier molecular flexibility index (Phi) is 6.47. The van der Waals surface area contributed by atoms with E-state index in [0.717, 1.165) is 37.8 Å². The Morgan fingerprint density at radius 2 is 1.68 bits per heavy atom. The molecule has 2 aromatic rings. The average molecular weight is 385 g/mol. The Bertz CT molecular complexity index is 780. The highest BCUT2D eigenvalue weighted by Gasteiger charge is 2.38. The second kappa shape index (κ2) is 8.84. The zero-order chi connectivity index (χ0) is 20.1. The number of esters is 1. The summed E-state index contributed by atoms with van der Waals surface area (Å²) in [6.45, 7) is 0.755. The minimum absolute atomic E-state index is 0.00431. The molecule has 1 saturated carbocycles. The third-order valence-electron chi connectivity index (χ3n) is 5.49. The monoisotopic (exact) mass is 385 g/mol. The van der Waals surface area contributed by atoms with Crippen molar-refractivity contribution in [2.24, 2.45) is 0 Å². The summed E-state index contributed by atoms with van der Waals surface area (Å²) >= 11 is 0. The first kappa shape index (κ1) is 20.5. The highest BCUT2D eigenvalue weighted by atomic mass is 19.1. The fourth-order valence-electron chi connectivity index (χ4n) is 3.98. The van der Waals surface area contributed by atoms with Crippen LogP contribution in [0.1, 0.15) is 53.9 Å². The summed E-state index contributed by atoms with van der Waals surface area (Å²) in [7, 11) is 4.02. The van der Waals surface area contributed by atoms with Gasteiger partial charge in [0.15, 0.2) is 0 Å². The molecule has 1 aliphatic carbocycles. The van der Waals surface area contributed by atoms with Crippen molar-refractivity contribution in [1.82, 2.24) is 4.90 Å². The first-order chi connectivity index (χ1) is 13.4. The van der Waals surface area contributed by atoms with Gasteiger partial charge >= 0.3 is 5.97 Å². The summed E-state index contributed by atoms with van der Waals surface area (Å²) < 4.78 is 18.4. The lowest BCUT2D eigenvalue weighted by Crippen LogP contribution is -2.42. The maximum absolute atomic E-state index is 13.0. The molecule has 1 N–H and O–H groups in total. The van der Waals surface area contributed by atoms with Crippen molar-refractivity contribution >= 4 is 5.97 Å². The van der Waals surface area contributed by atoms with Crippen molar-refractivity contribution in [3.63, 3.8) is 0 Å². The Hall–Kier alpha value is -2.24. The van der Waals surface area contributed by atoms with Crippen molar-refractivity contribution in [3.8, 4) is 5.75 Å². The topological polar surface area (TPSA) is 49.8 Å². The molecule has 150 valence electrons. The third kappa shape index (κ3) is 4.97. The maximum Gasteiger partial charge on any atom is 0.343 e. The van der Waals surface area contributed by atoms with E-state index in [-0.39, 0.29) is 5.92 Å². The minimum Gasteiger partial charge on any atom is -0.423 e.